The lowest BCUT2D eigenvalue weighted by Crippen LogP contribution is -2.12. The number of fused-ring (bicyclic) bond motifs is 1. The largest absolute Gasteiger partial charge is 0.497 e. The van der Waals surface area contributed by atoms with E-state index in [2.05, 4.69) is 15.3 Å². The van der Waals surface area contributed by atoms with Gasteiger partial charge in [0.25, 0.3) is 5.91 Å². The van der Waals surface area contributed by atoms with Crippen molar-refractivity contribution in [3.8, 4) is 5.75 Å². The van der Waals surface area contributed by atoms with Crippen LogP contribution in [0, 0.1) is 0 Å². The second-order valence-corrected chi connectivity index (χ2v) is 4.31. The van der Waals surface area contributed by atoms with Crippen LogP contribution in [0.1, 0.15) is 10.5 Å². The van der Waals surface area contributed by atoms with Crippen molar-refractivity contribution in [2.24, 2.45) is 0 Å². The van der Waals surface area contributed by atoms with Crippen molar-refractivity contribution in [2.75, 3.05) is 12.4 Å². The molecule has 0 radical (unpaired) electrons. The molecule has 100 valence electrons. The first-order valence-corrected chi connectivity index (χ1v) is 6.15. The fourth-order valence-corrected chi connectivity index (χ4v) is 1.98. The van der Waals surface area contributed by atoms with Gasteiger partial charge in [-0.1, -0.05) is 6.07 Å². The van der Waals surface area contributed by atoms with Crippen molar-refractivity contribution in [1.82, 2.24) is 9.97 Å². The molecule has 0 saturated heterocycles. The molecule has 0 bridgehead atoms. The molecular formula is C15H13N3O2. The molecular weight excluding hydrogens is 254 g/mol. The van der Waals surface area contributed by atoms with Crippen molar-refractivity contribution < 1.29 is 9.53 Å². The molecule has 3 aromatic rings. The predicted octanol–water partition coefficient (Wildman–Crippen LogP) is 2.82. The SMILES string of the molecule is COc1ccc2[nH]c(C(=O)Nc3ccccn3)cc2c1. The summed E-state index contributed by atoms with van der Waals surface area (Å²) in [6.07, 6.45) is 1.63. The quantitative estimate of drug-likeness (QED) is 0.766. The molecule has 0 unspecified atom stereocenters. The number of nitrogens with one attached hydrogen (secondary N) is 2. The van der Waals surface area contributed by atoms with Gasteiger partial charge in [0.1, 0.15) is 17.3 Å². The summed E-state index contributed by atoms with van der Waals surface area (Å²) < 4.78 is 5.16. The number of aromatic amines is 1. The maximum atomic E-state index is 12.1. The Morgan fingerprint density at radius 1 is 1.25 bits per heavy atom. The molecule has 0 spiro atoms. The minimum atomic E-state index is -0.223. The van der Waals surface area contributed by atoms with Crippen LogP contribution in [0.5, 0.6) is 5.75 Å². The van der Waals surface area contributed by atoms with Gasteiger partial charge in [-0.2, -0.15) is 0 Å². The van der Waals surface area contributed by atoms with Crippen molar-refractivity contribution in [1.29, 1.82) is 0 Å². The number of nitrogens with zero attached hydrogens (tertiary/aromatic N) is 1. The molecule has 3 rings (SSSR count). The highest BCUT2D eigenvalue weighted by atomic mass is 16.5. The summed E-state index contributed by atoms with van der Waals surface area (Å²) in [7, 11) is 1.61. The molecule has 2 N–H and O–H groups in total. The summed E-state index contributed by atoms with van der Waals surface area (Å²) in [6, 6.07) is 12.7. The second kappa shape index (κ2) is 5.05. The summed E-state index contributed by atoms with van der Waals surface area (Å²) in [5.74, 6) is 1.06. The zero-order chi connectivity index (χ0) is 13.9. The van der Waals surface area contributed by atoms with Gasteiger partial charge in [0, 0.05) is 17.1 Å². The molecule has 0 aliphatic heterocycles. The number of methoxy groups -OCH3 is 1. The van der Waals surface area contributed by atoms with Gasteiger partial charge < -0.3 is 15.0 Å². The van der Waals surface area contributed by atoms with E-state index >= 15 is 0 Å². The van der Waals surface area contributed by atoms with E-state index in [0.29, 0.717) is 11.5 Å². The Hall–Kier alpha value is -2.82. The van der Waals surface area contributed by atoms with Gasteiger partial charge in [-0.3, -0.25) is 4.79 Å². The van der Waals surface area contributed by atoms with Crippen molar-refractivity contribution in [2.45, 2.75) is 0 Å². The monoisotopic (exact) mass is 267 g/mol. The maximum Gasteiger partial charge on any atom is 0.273 e. The number of hydrogen-bond donors (Lipinski definition) is 2. The molecule has 2 aromatic heterocycles. The molecule has 1 aromatic carbocycles. The van der Waals surface area contributed by atoms with Crippen LogP contribution >= 0.6 is 0 Å². The molecule has 0 aliphatic carbocycles. The zero-order valence-electron chi connectivity index (χ0n) is 10.9. The van der Waals surface area contributed by atoms with Gasteiger partial charge in [-0.15, -0.1) is 0 Å². The number of carbonyl (C=O) groups is 1. The Balaban J connectivity index is 1.88. The average Bonchev–Trinajstić information content (AvgIpc) is 2.91. The van der Waals surface area contributed by atoms with Crippen molar-refractivity contribution >= 4 is 22.6 Å². The molecule has 0 fully saturated rings. The van der Waals surface area contributed by atoms with Gasteiger partial charge in [-0.05, 0) is 36.4 Å². The first kappa shape index (κ1) is 12.2. The summed E-state index contributed by atoms with van der Waals surface area (Å²) in [5.41, 5.74) is 1.37. The van der Waals surface area contributed by atoms with E-state index in [0.717, 1.165) is 16.7 Å². The fourth-order valence-electron chi connectivity index (χ4n) is 1.98. The number of rotatable bonds is 3. The van der Waals surface area contributed by atoms with E-state index < -0.39 is 0 Å². The molecule has 1 amide bonds. The van der Waals surface area contributed by atoms with E-state index in [4.69, 9.17) is 4.74 Å². The molecule has 0 saturated carbocycles. The van der Waals surface area contributed by atoms with E-state index in [9.17, 15) is 4.79 Å². The Bertz CT molecular complexity index is 750. The number of ether oxygens (including phenoxy) is 1. The number of aromatic nitrogens is 2. The van der Waals surface area contributed by atoms with Gasteiger partial charge in [0.05, 0.1) is 7.11 Å². The third kappa shape index (κ3) is 2.33. The lowest BCUT2D eigenvalue weighted by Gasteiger charge is -2.01. The third-order valence-corrected chi connectivity index (χ3v) is 2.98. The van der Waals surface area contributed by atoms with Gasteiger partial charge in [0.15, 0.2) is 0 Å². The number of carbonyl (C=O) groups excluding carboxylic acids is 1. The summed E-state index contributed by atoms with van der Waals surface area (Å²) >= 11 is 0. The number of pyridine rings is 1. The summed E-state index contributed by atoms with van der Waals surface area (Å²) in [4.78, 5) is 19.3. The van der Waals surface area contributed by atoms with Crippen LogP contribution in [-0.2, 0) is 0 Å². The second-order valence-electron chi connectivity index (χ2n) is 4.31. The van der Waals surface area contributed by atoms with Gasteiger partial charge >= 0.3 is 0 Å². The van der Waals surface area contributed by atoms with Crippen LogP contribution in [0.3, 0.4) is 0 Å². The minimum absolute atomic E-state index is 0.223. The topological polar surface area (TPSA) is 67.0 Å². The maximum absolute atomic E-state index is 12.1. The predicted molar refractivity (Wildman–Crippen MR) is 77.0 cm³/mol. The van der Waals surface area contributed by atoms with Crippen LogP contribution in [0.2, 0.25) is 0 Å². The molecule has 0 atom stereocenters. The number of benzene rings is 1. The first-order chi connectivity index (χ1) is 9.76. The lowest BCUT2D eigenvalue weighted by atomic mass is 10.2. The van der Waals surface area contributed by atoms with Crippen molar-refractivity contribution in [3.63, 3.8) is 0 Å². The van der Waals surface area contributed by atoms with E-state index in [1.54, 1.807) is 31.5 Å². The van der Waals surface area contributed by atoms with E-state index in [1.165, 1.54) is 0 Å². The van der Waals surface area contributed by atoms with Crippen LogP contribution in [-0.4, -0.2) is 23.0 Å². The molecule has 0 aliphatic rings. The zero-order valence-corrected chi connectivity index (χ0v) is 10.9. The Morgan fingerprint density at radius 3 is 2.90 bits per heavy atom. The fraction of sp³-hybridized carbons (Fsp3) is 0.0667. The van der Waals surface area contributed by atoms with E-state index in [-0.39, 0.29) is 5.91 Å². The third-order valence-electron chi connectivity index (χ3n) is 2.98. The smallest absolute Gasteiger partial charge is 0.273 e. The summed E-state index contributed by atoms with van der Waals surface area (Å²) in [5, 5.41) is 3.66. The lowest BCUT2D eigenvalue weighted by molar-refractivity contribution is 0.102. The van der Waals surface area contributed by atoms with Crippen molar-refractivity contribution in [3.05, 3.63) is 54.4 Å². The minimum Gasteiger partial charge on any atom is -0.497 e. The standard InChI is InChI=1S/C15H13N3O2/c1-20-11-5-6-12-10(8-11)9-13(17-12)15(19)18-14-4-2-3-7-16-14/h2-9,17H,1H3,(H,16,18,19). The summed E-state index contributed by atoms with van der Waals surface area (Å²) in [6.45, 7) is 0. The Morgan fingerprint density at radius 2 is 2.15 bits per heavy atom. The molecule has 5 heteroatoms. The van der Waals surface area contributed by atoms with Crippen LogP contribution < -0.4 is 10.1 Å². The van der Waals surface area contributed by atoms with Crippen LogP contribution in [0.4, 0.5) is 5.82 Å². The first-order valence-electron chi connectivity index (χ1n) is 6.15. The highest BCUT2D eigenvalue weighted by Crippen LogP contribution is 2.21. The molecule has 2 heterocycles. The van der Waals surface area contributed by atoms with E-state index in [1.807, 2.05) is 24.3 Å². The Labute approximate surface area is 115 Å². The van der Waals surface area contributed by atoms with Gasteiger partial charge in [-0.25, -0.2) is 4.98 Å². The molecule has 5 nitrogen and oxygen atoms in total. The average molecular weight is 267 g/mol. The van der Waals surface area contributed by atoms with Gasteiger partial charge in [0.2, 0.25) is 0 Å². The van der Waals surface area contributed by atoms with Crippen LogP contribution in [0.25, 0.3) is 10.9 Å². The number of hydrogen-bond acceptors (Lipinski definition) is 3. The number of anilines is 1. The van der Waals surface area contributed by atoms with Crippen LogP contribution in [0.15, 0.2) is 48.7 Å². The highest BCUT2D eigenvalue weighted by molar-refractivity contribution is 6.05. The highest BCUT2D eigenvalue weighted by Gasteiger charge is 2.10. The molecule has 20 heavy (non-hydrogen) atoms. The normalized spacial score (nSPS) is 10.4. The number of H-pyrrole nitrogens is 1. The number of amides is 1. The Kier molecular flexibility index (Phi) is 3.09.